The molecule has 0 saturated carbocycles. The molecule has 4 rings (SSSR count). The minimum atomic E-state index is -0.653. The molecule has 1 fully saturated rings. The summed E-state index contributed by atoms with van der Waals surface area (Å²) in [6, 6.07) is 9.02. The Balaban J connectivity index is 1.71. The number of nitrogens with zero attached hydrogens (tertiary/aromatic N) is 3. The van der Waals surface area contributed by atoms with Crippen molar-refractivity contribution in [2.24, 2.45) is 0 Å². The van der Waals surface area contributed by atoms with E-state index in [9.17, 15) is 9.50 Å². The summed E-state index contributed by atoms with van der Waals surface area (Å²) in [7, 11) is 0. The Morgan fingerprint density at radius 2 is 1.90 bits per heavy atom. The summed E-state index contributed by atoms with van der Waals surface area (Å²) in [5.74, 6) is 0.318. The molecule has 0 unspecified atom stereocenters. The highest BCUT2D eigenvalue weighted by atomic mass is 19.1. The zero-order valence-corrected chi connectivity index (χ0v) is 17.1. The Morgan fingerprint density at radius 1 is 1.17 bits per heavy atom. The molecule has 0 bridgehead atoms. The summed E-state index contributed by atoms with van der Waals surface area (Å²) < 4.78 is 14.6. The predicted molar refractivity (Wildman–Crippen MR) is 115 cm³/mol. The van der Waals surface area contributed by atoms with Gasteiger partial charge in [0.25, 0.3) is 0 Å². The molecular weight excluding hydrogens is 369 g/mol. The minimum Gasteiger partial charge on any atom is -0.399 e. The fourth-order valence-electron chi connectivity index (χ4n) is 3.96. The topological polar surface area (TPSA) is 87.3 Å². The van der Waals surface area contributed by atoms with E-state index in [1.54, 1.807) is 19.1 Å². The van der Waals surface area contributed by atoms with Crippen LogP contribution < -0.4 is 16.0 Å². The first kappa shape index (κ1) is 19.4. The minimum absolute atomic E-state index is 0.271. The highest BCUT2D eigenvalue weighted by Crippen LogP contribution is 2.34. The van der Waals surface area contributed by atoms with E-state index < -0.39 is 5.60 Å². The van der Waals surface area contributed by atoms with Gasteiger partial charge in [-0.1, -0.05) is 6.07 Å². The van der Waals surface area contributed by atoms with Crippen molar-refractivity contribution in [3.63, 3.8) is 0 Å². The van der Waals surface area contributed by atoms with Crippen LogP contribution in [0.15, 0.2) is 30.3 Å². The van der Waals surface area contributed by atoms with Gasteiger partial charge < -0.3 is 21.1 Å². The van der Waals surface area contributed by atoms with Crippen molar-refractivity contribution in [1.29, 1.82) is 0 Å². The van der Waals surface area contributed by atoms with Gasteiger partial charge in [0.2, 0.25) is 0 Å². The van der Waals surface area contributed by atoms with Crippen LogP contribution in [0.4, 0.5) is 21.6 Å². The largest absolute Gasteiger partial charge is 0.399 e. The summed E-state index contributed by atoms with van der Waals surface area (Å²) in [6.45, 7) is 8.50. The van der Waals surface area contributed by atoms with Crippen LogP contribution in [0.3, 0.4) is 0 Å². The molecule has 0 amide bonds. The highest BCUT2D eigenvalue weighted by molar-refractivity contribution is 5.95. The molecule has 1 atom stereocenters. The molecule has 0 aliphatic carbocycles. The Bertz CT molecular complexity index is 1090. The molecule has 6 nitrogen and oxygen atoms in total. The first-order chi connectivity index (χ1) is 13.6. The molecule has 1 aliphatic heterocycles. The molecule has 4 N–H and O–H groups in total. The third-order valence-electron chi connectivity index (χ3n) is 5.50. The van der Waals surface area contributed by atoms with E-state index in [0.717, 1.165) is 22.2 Å². The van der Waals surface area contributed by atoms with Gasteiger partial charge in [-0.05, 0) is 57.5 Å². The lowest BCUT2D eigenvalue weighted by atomic mass is 9.95. The number of nitrogens with two attached hydrogens (primary N) is 1. The van der Waals surface area contributed by atoms with Crippen LogP contribution in [0.2, 0.25) is 0 Å². The first-order valence-corrected chi connectivity index (χ1v) is 9.71. The predicted octanol–water partition coefficient (Wildman–Crippen LogP) is 3.71. The smallest absolute Gasteiger partial charge is 0.157 e. The molecule has 1 aromatic heterocycles. The summed E-state index contributed by atoms with van der Waals surface area (Å²) in [4.78, 5) is 2.11. The van der Waals surface area contributed by atoms with Gasteiger partial charge in [0.15, 0.2) is 5.82 Å². The molecule has 1 aliphatic rings. The highest BCUT2D eigenvalue weighted by Gasteiger charge is 2.36. The summed E-state index contributed by atoms with van der Waals surface area (Å²) in [5, 5.41) is 23.8. The molecule has 7 heteroatoms. The maximum atomic E-state index is 14.6. The Morgan fingerprint density at radius 3 is 2.59 bits per heavy atom. The fourth-order valence-corrected chi connectivity index (χ4v) is 3.96. The Kier molecular flexibility index (Phi) is 4.58. The van der Waals surface area contributed by atoms with Crippen LogP contribution in [-0.2, 0) is 0 Å². The van der Waals surface area contributed by atoms with Crippen molar-refractivity contribution in [2.75, 3.05) is 29.0 Å². The van der Waals surface area contributed by atoms with Gasteiger partial charge in [0, 0.05) is 40.8 Å². The van der Waals surface area contributed by atoms with E-state index in [2.05, 4.69) is 20.4 Å². The lowest BCUT2D eigenvalue weighted by Crippen LogP contribution is -2.60. The van der Waals surface area contributed by atoms with Crippen molar-refractivity contribution < 1.29 is 9.50 Å². The summed E-state index contributed by atoms with van der Waals surface area (Å²) in [5.41, 5.74) is 8.64. The SMILES string of the molecule is Cc1cc(N)cc([C@@H](C)Nc2nnc(C)c3ccc(N4CC(C)(O)C4)cc23)c1F. The Labute approximate surface area is 169 Å². The molecule has 2 aromatic carbocycles. The number of hydrogen-bond donors (Lipinski definition) is 3. The average molecular weight is 395 g/mol. The lowest BCUT2D eigenvalue weighted by molar-refractivity contribution is 0.0310. The number of aromatic nitrogens is 2. The van der Waals surface area contributed by atoms with E-state index in [0.29, 0.717) is 35.7 Å². The van der Waals surface area contributed by atoms with Gasteiger partial charge in [-0.25, -0.2) is 4.39 Å². The number of benzene rings is 2. The van der Waals surface area contributed by atoms with Gasteiger partial charge in [-0.15, -0.1) is 5.10 Å². The zero-order chi connectivity index (χ0) is 20.9. The number of aryl methyl sites for hydroxylation is 2. The van der Waals surface area contributed by atoms with E-state index in [1.807, 2.05) is 39.0 Å². The normalized spacial score (nSPS) is 16.6. The molecule has 3 aromatic rings. The standard InChI is InChI=1S/C22H26FN5O/c1-12-7-15(24)8-18(20(12)23)13(2)25-21-19-9-16(28-10-22(4,29)11-28)5-6-17(19)14(3)26-27-21/h5-9,13,29H,10-11,24H2,1-4H3,(H,25,27)/t13-/m1/s1. The second kappa shape index (κ2) is 6.84. The molecule has 1 saturated heterocycles. The summed E-state index contributed by atoms with van der Waals surface area (Å²) in [6.07, 6.45) is 0. The van der Waals surface area contributed by atoms with E-state index in [-0.39, 0.29) is 11.9 Å². The van der Waals surface area contributed by atoms with Crippen LogP contribution in [0.5, 0.6) is 0 Å². The van der Waals surface area contributed by atoms with Crippen LogP contribution in [0.25, 0.3) is 10.8 Å². The van der Waals surface area contributed by atoms with Gasteiger partial charge >= 0.3 is 0 Å². The number of rotatable bonds is 4. The van der Waals surface area contributed by atoms with Crippen molar-refractivity contribution in [3.8, 4) is 0 Å². The second-order valence-corrected chi connectivity index (χ2v) is 8.32. The molecule has 29 heavy (non-hydrogen) atoms. The third kappa shape index (κ3) is 3.58. The second-order valence-electron chi connectivity index (χ2n) is 8.32. The number of fused-ring (bicyclic) bond motifs is 1. The van der Waals surface area contributed by atoms with Crippen molar-refractivity contribution >= 4 is 28.0 Å². The molecular formula is C22H26FN5O. The van der Waals surface area contributed by atoms with Crippen LogP contribution in [-0.4, -0.2) is 34.0 Å². The van der Waals surface area contributed by atoms with Crippen molar-refractivity contribution in [1.82, 2.24) is 10.2 Å². The van der Waals surface area contributed by atoms with Gasteiger partial charge in [-0.3, -0.25) is 0 Å². The molecule has 152 valence electrons. The number of β-amino-alcohol motifs (C(OH)–C–C–N with tert-alkyl or cyclic N) is 1. The lowest BCUT2D eigenvalue weighted by Gasteiger charge is -2.45. The van der Waals surface area contributed by atoms with Gasteiger partial charge in [0.1, 0.15) is 5.82 Å². The number of nitrogens with one attached hydrogen (secondary N) is 1. The maximum absolute atomic E-state index is 14.6. The first-order valence-electron chi connectivity index (χ1n) is 9.71. The van der Waals surface area contributed by atoms with Crippen LogP contribution in [0, 0.1) is 19.7 Å². The molecule has 2 heterocycles. The Hall–Kier alpha value is -2.93. The van der Waals surface area contributed by atoms with Gasteiger partial charge in [0.05, 0.1) is 17.3 Å². The number of halogens is 1. The van der Waals surface area contributed by atoms with Crippen molar-refractivity contribution in [2.45, 2.75) is 39.3 Å². The maximum Gasteiger partial charge on any atom is 0.157 e. The number of nitrogen functional groups attached to an aromatic ring is 1. The molecule has 0 radical (unpaired) electrons. The van der Waals surface area contributed by atoms with Crippen LogP contribution in [0.1, 0.15) is 36.7 Å². The number of hydrogen-bond acceptors (Lipinski definition) is 6. The number of aliphatic hydroxyl groups is 1. The quantitative estimate of drug-likeness (QED) is 0.584. The average Bonchev–Trinajstić information content (AvgIpc) is 2.64. The van der Waals surface area contributed by atoms with E-state index >= 15 is 0 Å². The van der Waals surface area contributed by atoms with Gasteiger partial charge in [-0.2, -0.15) is 5.10 Å². The molecule has 0 spiro atoms. The van der Waals surface area contributed by atoms with E-state index in [1.165, 1.54) is 0 Å². The third-order valence-corrected chi connectivity index (χ3v) is 5.50. The van der Waals surface area contributed by atoms with E-state index in [4.69, 9.17) is 5.73 Å². The monoisotopic (exact) mass is 395 g/mol. The fraction of sp³-hybridized carbons (Fsp3) is 0.364. The zero-order valence-electron chi connectivity index (χ0n) is 17.1. The van der Waals surface area contributed by atoms with Crippen molar-refractivity contribution in [3.05, 3.63) is 53.0 Å². The van der Waals surface area contributed by atoms with Crippen LogP contribution >= 0.6 is 0 Å². The summed E-state index contributed by atoms with van der Waals surface area (Å²) >= 11 is 0. The number of anilines is 3.